The lowest BCUT2D eigenvalue weighted by Gasteiger charge is -2.61. The molecule has 4 atom stereocenters. The fraction of sp³-hybridized carbons (Fsp3) is 0.765. The molecule has 4 saturated carbocycles. The highest BCUT2D eigenvalue weighted by molar-refractivity contribution is 6.24. The number of carbonyl (C=O) groups is 2. The van der Waals surface area contributed by atoms with Crippen LogP contribution in [0.25, 0.3) is 0 Å². The first-order chi connectivity index (χ1) is 10.7. The molecule has 4 bridgehead atoms. The summed E-state index contributed by atoms with van der Waals surface area (Å²) in [5, 5.41) is 10.7. The second-order valence-electron chi connectivity index (χ2n) is 7.72. The van der Waals surface area contributed by atoms with Gasteiger partial charge in [-0.15, -0.1) is 11.6 Å². The van der Waals surface area contributed by atoms with Crippen LogP contribution in [0.5, 0.6) is 0 Å². The van der Waals surface area contributed by atoms with Crippen LogP contribution < -0.4 is 0 Å². The molecule has 0 spiro atoms. The molecule has 0 aromatic heterocycles. The number of aliphatic hydroxyl groups is 1. The molecule has 0 aliphatic heterocycles. The van der Waals surface area contributed by atoms with Crippen molar-refractivity contribution in [3.8, 4) is 0 Å². The number of rotatable bonds is 5. The summed E-state index contributed by atoms with van der Waals surface area (Å²) in [7, 11) is 0. The highest BCUT2D eigenvalue weighted by Crippen LogP contribution is 2.65. The lowest BCUT2D eigenvalue weighted by Crippen LogP contribution is -2.63. The van der Waals surface area contributed by atoms with Crippen LogP contribution in [0.1, 0.15) is 45.4 Å². The van der Waals surface area contributed by atoms with E-state index >= 15 is 0 Å². The average molecular weight is 343 g/mol. The summed E-state index contributed by atoms with van der Waals surface area (Å²) in [5.41, 5.74) is -1.22. The van der Waals surface area contributed by atoms with E-state index in [9.17, 15) is 14.7 Å². The van der Waals surface area contributed by atoms with E-state index in [4.69, 9.17) is 21.1 Å². The zero-order valence-electron chi connectivity index (χ0n) is 13.4. The Labute approximate surface area is 141 Å². The van der Waals surface area contributed by atoms with E-state index in [2.05, 4.69) is 6.58 Å². The molecule has 4 rings (SSSR count). The van der Waals surface area contributed by atoms with Gasteiger partial charge in [0.05, 0.1) is 11.0 Å². The number of alkyl halides is 1. The molecule has 1 N–H and O–H groups in total. The third kappa shape index (κ3) is 3.13. The fourth-order valence-electron chi connectivity index (χ4n) is 5.04. The highest BCUT2D eigenvalue weighted by Gasteiger charge is 2.65. The van der Waals surface area contributed by atoms with Crippen LogP contribution in [0.15, 0.2) is 12.2 Å². The number of hydrogen-bond acceptors (Lipinski definition) is 5. The molecular weight excluding hydrogens is 320 g/mol. The van der Waals surface area contributed by atoms with Crippen molar-refractivity contribution in [2.24, 2.45) is 11.3 Å². The minimum Gasteiger partial charge on any atom is -0.462 e. The largest absolute Gasteiger partial charge is 0.462 e. The second-order valence-corrected chi connectivity index (χ2v) is 8.52. The number of esters is 2. The molecule has 4 aliphatic carbocycles. The molecule has 6 heteroatoms. The van der Waals surface area contributed by atoms with Crippen LogP contribution in [-0.2, 0) is 19.1 Å². The molecule has 23 heavy (non-hydrogen) atoms. The Morgan fingerprint density at radius 2 is 1.87 bits per heavy atom. The molecule has 0 saturated heterocycles. The first kappa shape index (κ1) is 16.8. The van der Waals surface area contributed by atoms with Gasteiger partial charge in [0, 0.05) is 10.4 Å². The molecule has 0 radical (unpaired) electrons. The van der Waals surface area contributed by atoms with Gasteiger partial charge < -0.3 is 14.6 Å². The summed E-state index contributed by atoms with van der Waals surface area (Å²) in [5.74, 6) is -0.538. The predicted octanol–water partition coefficient (Wildman–Crippen LogP) is 2.34. The van der Waals surface area contributed by atoms with Gasteiger partial charge >= 0.3 is 11.9 Å². The first-order valence-corrected chi connectivity index (χ1v) is 8.44. The SMILES string of the molecule is C=C(C)C(=O)OCCOC(=O)C12CC3CC(O)(CC(Cl)(C3)C1)C2. The summed E-state index contributed by atoms with van der Waals surface area (Å²) >= 11 is 6.65. The monoisotopic (exact) mass is 342 g/mol. The molecule has 4 aliphatic rings. The first-order valence-electron chi connectivity index (χ1n) is 8.07. The maximum absolute atomic E-state index is 12.6. The Kier molecular flexibility index (Phi) is 4.00. The molecule has 0 heterocycles. The summed E-state index contributed by atoms with van der Waals surface area (Å²) in [4.78, 5) is 23.4. The Morgan fingerprint density at radius 3 is 2.48 bits per heavy atom. The van der Waals surface area contributed by atoms with Crippen molar-refractivity contribution in [2.75, 3.05) is 13.2 Å². The van der Waals surface area contributed by atoms with Crippen molar-refractivity contribution in [3.05, 3.63) is 12.2 Å². The lowest BCUT2D eigenvalue weighted by molar-refractivity contribution is -0.193. The van der Waals surface area contributed by atoms with Crippen LogP contribution in [0.4, 0.5) is 0 Å². The van der Waals surface area contributed by atoms with E-state index in [1.165, 1.54) is 0 Å². The van der Waals surface area contributed by atoms with Gasteiger partial charge in [0.25, 0.3) is 0 Å². The van der Waals surface area contributed by atoms with Gasteiger partial charge in [0.15, 0.2) is 0 Å². The van der Waals surface area contributed by atoms with Gasteiger partial charge in [-0.3, -0.25) is 4.79 Å². The number of ether oxygens (including phenoxy) is 2. The van der Waals surface area contributed by atoms with Crippen molar-refractivity contribution in [2.45, 2.75) is 55.9 Å². The van der Waals surface area contributed by atoms with E-state index in [1.54, 1.807) is 6.92 Å². The Hall–Kier alpha value is -1.07. The van der Waals surface area contributed by atoms with Gasteiger partial charge in [-0.1, -0.05) is 6.58 Å². The minimum atomic E-state index is -0.841. The third-order valence-corrected chi connectivity index (χ3v) is 5.72. The predicted molar refractivity (Wildman–Crippen MR) is 83.9 cm³/mol. The van der Waals surface area contributed by atoms with E-state index in [-0.39, 0.29) is 25.1 Å². The average Bonchev–Trinajstić information content (AvgIpc) is 2.38. The van der Waals surface area contributed by atoms with Crippen molar-refractivity contribution in [1.82, 2.24) is 0 Å². The molecule has 128 valence electrons. The second kappa shape index (κ2) is 5.49. The van der Waals surface area contributed by atoms with E-state index in [0.29, 0.717) is 24.8 Å². The molecule has 4 unspecified atom stereocenters. The zero-order valence-corrected chi connectivity index (χ0v) is 14.2. The molecule has 5 nitrogen and oxygen atoms in total. The van der Waals surface area contributed by atoms with Crippen LogP contribution in [0, 0.1) is 11.3 Å². The zero-order chi connectivity index (χ0) is 16.9. The Morgan fingerprint density at radius 1 is 1.17 bits per heavy atom. The van der Waals surface area contributed by atoms with E-state index < -0.39 is 21.9 Å². The van der Waals surface area contributed by atoms with Gasteiger partial charge in [0.2, 0.25) is 0 Å². The van der Waals surface area contributed by atoms with Gasteiger partial charge in [-0.25, -0.2) is 4.79 Å². The van der Waals surface area contributed by atoms with Crippen LogP contribution in [0.3, 0.4) is 0 Å². The molecule has 0 amide bonds. The van der Waals surface area contributed by atoms with Crippen molar-refractivity contribution in [1.29, 1.82) is 0 Å². The van der Waals surface area contributed by atoms with E-state index in [1.807, 2.05) is 0 Å². The third-order valence-electron chi connectivity index (χ3n) is 5.30. The van der Waals surface area contributed by atoms with Gasteiger partial charge in [-0.05, 0) is 51.4 Å². The van der Waals surface area contributed by atoms with Crippen molar-refractivity contribution < 1.29 is 24.2 Å². The smallest absolute Gasteiger partial charge is 0.333 e. The highest BCUT2D eigenvalue weighted by atomic mass is 35.5. The van der Waals surface area contributed by atoms with Crippen molar-refractivity contribution >= 4 is 23.5 Å². The van der Waals surface area contributed by atoms with Crippen LogP contribution in [0.2, 0.25) is 0 Å². The maximum Gasteiger partial charge on any atom is 0.333 e. The van der Waals surface area contributed by atoms with Crippen molar-refractivity contribution in [3.63, 3.8) is 0 Å². The normalized spacial score (nSPS) is 40.7. The van der Waals surface area contributed by atoms with Crippen LogP contribution in [-0.4, -0.2) is 40.7 Å². The quantitative estimate of drug-likeness (QED) is 0.359. The fourth-order valence-corrected chi connectivity index (χ4v) is 5.77. The minimum absolute atomic E-state index is 0.00717. The maximum atomic E-state index is 12.6. The Bertz CT molecular complexity index is 539. The standard InChI is InChI=1S/C17H23ClO5/c1-11(2)13(19)22-3-4-23-14(20)15-5-12-6-16(18,8-15)10-17(21,7-12)9-15/h12,21H,1,3-10H2,2H3. The van der Waals surface area contributed by atoms with Gasteiger partial charge in [-0.2, -0.15) is 0 Å². The molecule has 0 aromatic carbocycles. The summed E-state index contributed by atoms with van der Waals surface area (Å²) in [6, 6.07) is 0. The number of hydrogen-bond donors (Lipinski definition) is 1. The van der Waals surface area contributed by atoms with E-state index in [0.717, 1.165) is 19.3 Å². The summed E-state index contributed by atoms with van der Waals surface area (Å²) < 4.78 is 10.3. The summed E-state index contributed by atoms with van der Waals surface area (Å²) in [6.07, 6.45) is 3.87. The summed E-state index contributed by atoms with van der Waals surface area (Å²) in [6.45, 7) is 5.07. The number of halogens is 1. The molecule has 0 aromatic rings. The number of carbonyl (C=O) groups excluding carboxylic acids is 2. The topological polar surface area (TPSA) is 72.8 Å². The van der Waals surface area contributed by atoms with Gasteiger partial charge in [0.1, 0.15) is 13.2 Å². The molecular formula is C17H23ClO5. The lowest BCUT2D eigenvalue weighted by atomic mass is 9.47. The van der Waals surface area contributed by atoms with Crippen LogP contribution >= 0.6 is 11.6 Å². The Balaban J connectivity index is 1.59. The molecule has 4 fully saturated rings.